The summed E-state index contributed by atoms with van der Waals surface area (Å²) in [6, 6.07) is 0. The first-order valence-electron chi connectivity index (χ1n) is 3.83. The van der Waals surface area contributed by atoms with E-state index in [-0.39, 0.29) is 0 Å². The molecule has 1 aliphatic heterocycles. The van der Waals surface area contributed by atoms with Gasteiger partial charge in [0.2, 0.25) is 0 Å². The maximum atomic E-state index is 3.27. The highest BCUT2D eigenvalue weighted by Gasteiger charge is 2.06. The van der Waals surface area contributed by atoms with Crippen molar-refractivity contribution in [1.82, 2.24) is 5.32 Å². The van der Waals surface area contributed by atoms with Crippen molar-refractivity contribution in [3.63, 3.8) is 0 Å². The number of hydrogen-bond acceptors (Lipinski definition) is 1. The Bertz CT molecular complexity index is 175. The summed E-state index contributed by atoms with van der Waals surface area (Å²) in [5.74, 6) is 0.630. The summed E-state index contributed by atoms with van der Waals surface area (Å²) in [6.45, 7) is 6.61. The number of rotatable bonds is 1. The zero-order valence-electron chi connectivity index (χ0n) is 6.94. The SMILES string of the molecule is CC1=C(C(C)C)NC=CC1. The fourth-order valence-corrected chi connectivity index (χ4v) is 1.28. The summed E-state index contributed by atoms with van der Waals surface area (Å²) in [6.07, 6.45) is 5.30. The maximum absolute atomic E-state index is 3.27. The van der Waals surface area contributed by atoms with Gasteiger partial charge in [-0.2, -0.15) is 0 Å². The molecule has 0 aromatic rings. The predicted molar refractivity (Wildman–Crippen MR) is 44.4 cm³/mol. The van der Waals surface area contributed by atoms with Crippen molar-refractivity contribution in [3.8, 4) is 0 Å². The van der Waals surface area contributed by atoms with E-state index >= 15 is 0 Å². The largest absolute Gasteiger partial charge is 0.365 e. The third-order valence-electron chi connectivity index (χ3n) is 1.82. The summed E-state index contributed by atoms with van der Waals surface area (Å²) in [5.41, 5.74) is 2.86. The Morgan fingerprint density at radius 3 is 2.60 bits per heavy atom. The average molecular weight is 137 g/mol. The lowest BCUT2D eigenvalue weighted by Crippen LogP contribution is -2.15. The van der Waals surface area contributed by atoms with Gasteiger partial charge < -0.3 is 5.32 Å². The molecule has 1 heterocycles. The van der Waals surface area contributed by atoms with E-state index in [4.69, 9.17) is 0 Å². The van der Waals surface area contributed by atoms with E-state index in [9.17, 15) is 0 Å². The van der Waals surface area contributed by atoms with Gasteiger partial charge >= 0.3 is 0 Å². The molecule has 0 spiro atoms. The van der Waals surface area contributed by atoms with Crippen molar-refractivity contribution in [2.24, 2.45) is 5.92 Å². The van der Waals surface area contributed by atoms with Crippen LogP contribution in [0.3, 0.4) is 0 Å². The van der Waals surface area contributed by atoms with Crippen LogP contribution < -0.4 is 5.32 Å². The van der Waals surface area contributed by atoms with Crippen molar-refractivity contribution in [3.05, 3.63) is 23.5 Å². The average Bonchev–Trinajstić information content (AvgIpc) is 1.88. The minimum Gasteiger partial charge on any atom is -0.365 e. The second kappa shape index (κ2) is 2.91. The normalized spacial score (nSPS) is 18.0. The second-order valence-corrected chi connectivity index (χ2v) is 3.10. The number of dihydropyridines is 1. The molecule has 0 saturated heterocycles. The first kappa shape index (κ1) is 7.39. The molecule has 56 valence electrons. The van der Waals surface area contributed by atoms with Gasteiger partial charge in [-0.1, -0.05) is 19.9 Å². The molecule has 10 heavy (non-hydrogen) atoms. The molecule has 0 fully saturated rings. The van der Waals surface area contributed by atoms with Gasteiger partial charge in [0.05, 0.1) is 0 Å². The minimum atomic E-state index is 0.630. The Morgan fingerprint density at radius 1 is 1.50 bits per heavy atom. The number of hydrogen-bond donors (Lipinski definition) is 1. The van der Waals surface area contributed by atoms with E-state index in [0.717, 1.165) is 6.42 Å². The van der Waals surface area contributed by atoms with Gasteiger partial charge in [0.15, 0.2) is 0 Å². The smallest absolute Gasteiger partial charge is 0.0164 e. The zero-order chi connectivity index (χ0) is 7.56. The lowest BCUT2D eigenvalue weighted by atomic mass is 10.0. The van der Waals surface area contributed by atoms with Crippen molar-refractivity contribution < 1.29 is 0 Å². The van der Waals surface area contributed by atoms with Crippen LogP contribution in [0.15, 0.2) is 23.5 Å². The highest BCUT2D eigenvalue weighted by Crippen LogP contribution is 2.17. The van der Waals surface area contributed by atoms with E-state index < -0.39 is 0 Å². The monoisotopic (exact) mass is 137 g/mol. The standard InChI is InChI=1S/C9H15N/c1-7(2)9-8(3)5-4-6-10-9/h4,6-7,10H,5H2,1-3H3. The van der Waals surface area contributed by atoms with Gasteiger partial charge in [-0.3, -0.25) is 0 Å². The molecule has 0 amide bonds. The number of allylic oxidation sites excluding steroid dienone is 3. The van der Waals surface area contributed by atoms with Crippen LogP contribution >= 0.6 is 0 Å². The topological polar surface area (TPSA) is 12.0 Å². The van der Waals surface area contributed by atoms with Gasteiger partial charge in [-0.25, -0.2) is 0 Å². The molecule has 0 aliphatic carbocycles. The van der Waals surface area contributed by atoms with E-state index in [1.807, 2.05) is 6.20 Å². The third-order valence-corrected chi connectivity index (χ3v) is 1.82. The Balaban J connectivity index is 2.72. The molecule has 1 rings (SSSR count). The molecule has 0 saturated carbocycles. The van der Waals surface area contributed by atoms with Gasteiger partial charge in [-0.05, 0) is 31.0 Å². The quantitative estimate of drug-likeness (QED) is 0.585. The maximum Gasteiger partial charge on any atom is 0.0164 e. The van der Waals surface area contributed by atoms with Gasteiger partial charge in [0, 0.05) is 5.70 Å². The molecule has 0 unspecified atom stereocenters. The first-order chi connectivity index (χ1) is 4.72. The van der Waals surface area contributed by atoms with Crippen molar-refractivity contribution in [2.75, 3.05) is 0 Å². The Kier molecular flexibility index (Phi) is 2.15. The number of nitrogens with one attached hydrogen (secondary N) is 1. The van der Waals surface area contributed by atoms with Crippen LogP contribution in [0.2, 0.25) is 0 Å². The molecule has 1 aliphatic rings. The summed E-state index contributed by atoms with van der Waals surface area (Å²) in [7, 11) is 0. The van der Waals surface area contributed by atoms with E-state index in [2.05, 4.69) is 32.2 Å². The van der Waals surface area contributed by atoms with Crippen LogP contribution in [0.5, 0.6) is 0 Å². The van der Waals surface area contributed by atoms with Crippen LogP contribution in [0.4, 0.5) is 0 Å². The van der Waals surface area contributed by atoms with Crippen molar-refractivity contribution in [1.29, 1.82) is 0 Å². The second-order valence-electron chi connectivity index (χ2n) is 3.10. The highest BCUT2D eigenvalue weighted by atomic mass is 14.9. The van der Waals surface area contributed by atoms with Crippen LogP contribution in [0.1, 0.15) is 27.2 Å². The van der Waals surface area contributed by atoms with E-state index in [0.29, 0.717) is 5.92 Å². The molecule has 1 nitrogen and oxygen atoms in total. The van der Waals surface area contributed by atoms with Crippen molar-refractivity contribution in [2.45, 2.75) is 27.2 Å². The summed E-state index contributed by atoms with van der Waals surface area (Å²) >= 11 is 0. The Hall–Kier alpha value is -0.720. The molecule has 0 radical (unpaired) electrons. The van der Waals surface area contributed by atoms with Crippen LogP contribution in [-0.2, 0) is 0 Å². The molecule has 0 aromatic heterocycles. The van der Waals surface area contributed by atoms with Crippen LogP contribution in [0.25, 0.3) is 0 Å². The lowest BCUT2D eigenvalue weighted by Gasteiger charge is -2.18. The van der Waals surface area contributed by atoms with Crippen LogP contribution in [0, 0.1) is 5.92 Å². The summed E-state index contributed by atoms with van der Waals surface area (Å²) < 4.78 is 0. The van der Waals surface area contributed by atoms with Gasteiger partial charge in [0.25, 0.3) is 0 Å². The zero-order valence-corrected chi connectivity index (χ0v) is 6.94. The molecule has 0 aromatic carbocycles. The fourth-order valence-electron chi connectivity index (χ4n) is 1.28. The Labute approximate surface area is 62.8 Å². The molecular weight excluding hydrogens is 122 g/mol. The van der Waals surface area contributed by atoms with Gasteiger partial charge in [0.1, 0.15) is 0 Å². The minimum absolute atomic E-state index is 0.630. The summed E-state index contributed by atoms with van der Waals surface area (Å²) in [4.78, 5) is 0. The molecule has 0 bridgehead atoms. The van der Waals surface area contributed by atoms with E-state index in [1.54, 1.807) is 0 Å². The van der Waals surface area contributed by atoms with Gasteiger partial charge in [-0.15, -0.1) is 0 Å². The molecular formula is C9H15N. The van der Waals surface area contributed by atoms with Crippen LogP contribution in [-0.4, -0.2) is 0 Å². The Morgan fingerprint density at radius 2 is 2.20 bits per heavy atom. The summed E-state index contributed by atoms with van der Waals surface area (Å²) in [5, 5.41) is 3.27. The highest BCUT2D eigenvalue weighted by molar-refractivity contribution is 5.20. The third kappa shape index (κ3) is 1.41. The first-order valence-corrected chi connectivity index (χ1v) is 3.83. The predicted octanol–water partition coefficient (Wildman–Crippen LogP) is 2.42. The fraction of sp³-hybridized carbons (Fsp3) is 0.556. The van der Waals surface area contributed by atoms with Crippen molar-refractivity contribution >= 4 is 0 Å². The molecule has 1 heteroatoms. The molecule has 1 N–H and O–H groups in total. The van der Waals surface area contributed by atoms with E-state index in [1.165, 1.54) is 11.3 Å². The lowest BCUT2D eigenvalue weighted by molar-refractivity contribution is 0.687. The molecule has 0 atom stereocenters.